The second-order valence-electron chi connectivity index (χ2n) is 3.83. The fourth-order valence-corrected chi connectivity index (χ4v) is 1.79. The van der Waals surface area contributed by atoms with Gasteiger partial charge in [-0.25, -0.2) is 0 Å². The zero-order valence-electron chi connectivity index (χ0n) is 10.0. The first-order valence-electron chi connectivity index (χ1n) is 5.60. The Kier molecular flexibility index (Phi) is 6.25. The van der Waals surface area contributed by atoms with Crippen LogP contribution < -0.4 is 0 Å². The summed E-state index contributed by atoms with van der Waals surface area (Å²) in [5, 5.41) is 18.4. The van der Waals surface area contributed by atoms with Crippen molar-refractivity contribution in [2.75, 3.05) is 0 Å². The molecule has 0 unspecified atom stereocenters. The lowest BCUT2D eigenvalue weighted by molar-refractivity contribution is -0.144. The number of carbonyl (C=O) groups is 1. The van der Waals surface area contributed by atoms with Gasteiger partial charge in [0.05, 0.1) is 12.0 Å². The van der Waals surface area contributed by atoms with E-state index in [2.05, 4.69) is 0 Å². The topological polar surface area (TPSA) is 57.5 Å². The minimum Gasteiger partial charge on any atom is -0.481 e. The summed E-state index contributed by atoms with van der Waals surface area (Å²) in [6.07, 6.45) is 2.86. The fourth-order valence-electron chi connectivity index (χ4n) is 1.79. The molecule has 15 heavy (non-hydrogen) atoms. The SMILES string of the molecule is CC.CC1=C[C@H](O)[C@H]([C@H](C)C(=O)O)CC1. The molecule has 3 heteroatoms. The number of aliphatic hydroxyl groups is 1. The summed E-state index contributed by atoms with van der Waals surface area (Å²) in [6, 6.07) is 0. The third-order valence-electron chi connectivity index (χ3n) is 2.80. The zero-order valence-corrected chi connectivity index (χ0v) is 10.0. The van der Waals surface area contributed by atoms with E-state index < -0.39 is 18.0 Å². The van der Waals surface area contributed by atoms with Gasteiger partial charge in [0.2, 0.25) is 0 Å². The predicted octanol–water partition coefficient (Wildman–Crippen LogP) is 2.45. The lowest BCUT2D eigenvalue weighted by atomic mass is 9.80. The van der Waals surface area contributed by atoms with Crippen molar-refractivity contribution < 1.29 is 15.0 Å². The number of hydrogen-bond donors (Lipinski definition) is 2. The Morgan fingerprint density at radius 1 is 1.53 bits per heavy atom. The van der Waals surface area contributed by atoms with E-state index in [4.69, 9.17) is 5.11 Å². The monoisotopic (exact) mass is 214 g/mol. The van der Waals surface area contributed by atoms with Crippen molar-refractivity contribution in [2.24, 2.45) is 11.8 Å². The molecule has 0 aliphatic heterocycles. The van der Waals surface area contributed by atoms with Crippen molar-refractivity contribution >= 4 is 5.97 Å². The molecular formula is C12H22O3. The molecule has 3 nitrogen and oxygen atoms in total. The van der Waals surface area contributed by atoms with Gasteiger partial charge in [-0.2, -0.15) is 0 Å². The summed E-state index contributed by atoms with van der Waals surface area (Å²) >= 11 is 0. The molecule has 0 heterocycles. The van der Waals surface area contributed by atoms with E-state index in [1.807, 2.05) is 20.8 Å². The first-order valence-corrected chi connectivity index (χ1v) is 5.60. The highest BCUT2D eigenvalue weighted by molar-refractivity contribution is 5.70. The van der Waals surface area contributed by atoms with Crippen molar-refractivity contribution in [1.82, 2.24) is 0 Å². The standard InChI is InChI=1S/C10H16O3.C2H6/c1-6-3-4-8(9(11)5-6)7(2)10(12)13;1-2/h5,7-9,11H,3-4H2,1-2H3,(H,12,13);1-2H3/t7-,8-,9-;/m0./s1. The largest absolute Gasteiger partial charge is 0.481 e. The second kappa shape index (κ2) is 6.62. The molecule has 0 radical (unpaired) electrons. The molecule has 2 N–H and O–H groups in total. The first kappa shape index (κ1) is 14.2. The van der Waals surface area contributed by atoms with Crippen molar-refractivity contribution in [2.45, 2.75) is 46.6 Å². The number of aliphatic hydroxyl groups excluding tert-OH is 1. The zero-order chi connectivity index (χ0) is 12.0. The maximum atomic E-state index is 10.7. The van der Waals surface area contributed by atoms with Crippen LogP contribution in [0.2, 0.25) is 0 Å². The van der Waals surface area contributed by atoms with Gasteiger partial charge in [0.1, 0.15) is 0 Å². The number of aliphatic carboxylic acids is 1. The van der Waals surface area contributed by atoms with E-state index in [0.717, 1.165) is 18.4 Å². The molecule has 0 amide bonds. The minimum absolute atomic E-state index is 0.124. The summed E-state index contributed by atoms with van der Waals surface area (Å²) in [5.41, 5.74) is 1.15. The van der Waals surface area contributed by atoms with Gasteiger partial charge in [-0.05, 0) is 19.8 Å². The third-order valence-corrected chi connectivity index (χ3v) is 2.80. The molecular weight excluding hydrogens is 192 g/mol. The Labute approximate surface area is 91.8 Å². The Balaban J connectivity index is 0.000000921. The maximum Gasteiger partial charge on any atom is 0.306 e. The number of hydrogen-bond acceptors (Lipinski definition) is 2. The molecule has 0 saturated heterocycles. The first-order chi connectivity index (χ1) is 7.02. The van der Waals surface area contributed by atoms with Crippen LogP contribution in [0.4, 0.5) is 0 Å². The van der Waals surface area contributed by atoms with Gasteiger partial charge in [0.15, 0.2) is 0 Å². The number of carboxylic acid groups (broad SMARTS) is 1. The summed E-state index contributed by atoms with van der Waals surface area (Å²) in [5.74, 6) is -1.41. The van der Waals surface area contributed by atoms with E-state index in [9.17, 15) is 9.90 Å². The molecule has 0 spiro atoms. The molecule has 88 valence electrons. The molecule has 1 rings (SSSR count). The van der Waals surface area contributed by atoms with Crippen LogP contribution in [0.15, 0.2) is 11.6 Å². The van der Waals surface area contributed by atoms with Crippen LogP contribution in [0.25, 0.3) is 0 Å². The smallest absolute Gasteiger partial charge is 0.306 e. The van der Waals surface area contributed by atoms with Crippen LogP contribution in [0.1, 0.15) is 40.5 Å². The van der Waals surface area contributed by atoms with E-state index in [1.165, 1.54) is 0 Å². The highest BCUT2D eigenvalue weighted by Crippen LogP contribution is 2.29. The van der Waals surface area contributed by atoms with Crippen LogP contribution in [0, 0.1) is 11.8 Å². The average molecular weight is 214 g/mol. The normalized spacial score (nSPS) is 27.1. The highest BCUT2D eigenvalue weighted by Gasteiger charge is 2.30. The van der Waals surface area contributed by atoms with E-state index in [1.54, 1.807) is 13.0 Å². The summed E-state index contributed by atoms with van der Waals surface area (Å²) in [6.45, 7) is 7.62. The van der Waals surface area contributed by atoms with E-state index in [0.29, 0.717) is 0 Å². The fraction of sp³-hybridized carbons (Fsp3) is 0.750. The van der Waals surface area contributed by atoms with Gasteiger partial charge in [-0.1, -0.05) is 32.4 Å². The van der Waals surface area contributed by atoms with Crippen molar-refractivity contribution in [3.05, 3.63) is 11.6 Å². The quantitative estimate of drug-likeness (QED) is 0.694. The van der Waals surface area contributed by atoms with Crippen molar-refractivity contribution in [3.8, 4) is 0 Å². The van der Waals surface area contributed by atoms with E-state index >= 15 is 0 Å². The molecule has 0 fully saturated rings. The molecule has 0 aromatic heterocycles. The second-order valence-corrected chi connectivity index (χ2v) is 3.83. The molecule has 0 aromatic carbocycles. The number of rotatable bonds is 2. The average Bonchev–Trinajstić information content (AvgIpc) is 2.20. The lowest BCUT2D eigenvalue weighted by Crippen LogP contribution is -2.32. The Morgan fingerprint density at radius 3 is 2.47 bits per heavy atom. The number of allylic oxidation sites excluding steroid dienone is 1. The summed E-state index contributed by atoms with van der Waals surface area (Å²) in [7, 11) is 0. The van der Waals surface area contributed by atoms with Crippen molar-refractivity contribution in [3.63, 3.8) is 0 Å². The Hall–Kier alpha value is -0.830. The molecule has 0 bridgehead atoms. The van der Waals surface area contributed by atoms with Gasteiger partial charge in [-0.3, -0.25) is 4.79 Å². The minimum atomic E-state index is -0.822. The summed E-state index contributed by atoms with van der Waals surface area (Å²) in [4.78, 5) is 10.7. The third kappa shape index (κ3) is 4.04. The van der Waals surface area contributed by atoms with Crippen LogP contribution >= 0.6 is 0 Å². The van der Waals surface area contributed by atoms with Gasteiger partial charge >= 0.3 is 5.97 Å². The molecule has 1 aliphatic carbocycles. The maximum absolute atomic E-state index is 10.7. The molecule has 3 atom stereocenters. The molecule has 0 aromatic rings. The lowest BCUT2D eigenvalue weighted by Gasteiger charge is -2.28. The highest BCUT2D eigenvalue weighted by atomic mass is 16.4. The predicted molar refractivity (Wildman–Crippen MR) is 60.6 cm³/mol. The van der Waals surface area contributed by atoms with Gasteiger partial charge in [-0.15, -0.1) is 0 Å². The van der Waals surface area contributed by atoms with Crippen LogP contribution in [0.5, 0.6) is 0 Å². The molecule has 1 aliphatic rings. The van der Waals surface area contributed by atoms with Crippen LogP contribution in [-0.2, 0) is 4.79 Å². The summed E-state index contributed by atoms with van der Waals surface area (Å²) < 4.78 is 0. The van der Waals surface area contributed by atoms with Gasteiger partial charge in [0.25, 0.3) is 0 Å². The molecule has 0 saturated carbocycles. The van der Waals surface area contributed by atoms with Crippen LogP contribution in [-0.4, -0.2) is 22.3 Å². The van der Waals surface area contributed by atoms with Gasteiger partial charge in [0, 0.05) is 5.92 Å². The van der Waals surface area contributed by atoms with Crippen molar-refractivity contribution in [1.29, 1.82) is 0 Å². The van der Waals surface area contributed by atoms with Gasteiger partial charge < -0.3 is 10.2 Å². The van der Waals surface area contributed by atoms with Crippen LogP contribution in [0.3, 0.4) is 0 Å². The number of carboxylic acids is 1. The Bertz CT molecular complexity index is 233. The van der Waals surface area contributed by atoms with E-state index in [-0.39, 0.29) is 5.92 Å². The Morgan fingerprint density at radius 2 is 2.07 bits per heavy atom.